The van der Waals surface area contributed by atoms with Crippen LogP contribution in [0, 0.1) is 0 Å². The third kappa shape index (κ3) is 2.64. The summed E-state index contributed by atoms with van der Waals surface area (Å²) in [6.07, 6.45) is -3.60. The van der Waals surface area contributed by atoms with Crippen molar-refractivity contribution in [2.24, 2.45) is 0 Å². The van der Waals surface area contributed by atoms with Crippen LogP contribution in [0.15, 0.2) is 18.2 Å². The first-order valence-electron chi connectivity index (χ1n) is 6.56. The molecule has 3 rings (SSSR count). The van der Waals surface area contributed by atoms with Crippen molar-refractivity contribution in [3.63, 3.8) is 0 Å². The number of aromatic nitrogens is 2. The number of imidazole rings is 1. The van der Waals surface area contributed by atoms with Crippen LogP contribution in [0.3, 0.4) is 0 Å². The van der Waals surface area contributed by atoms with Crippen LogP contribution in [0.1, 0.15) is 24.7 Å². The van der Waals surface area contributed by atoms with Gasteiger partial charge in [0.25, 0.3) is 0 Å². The molecule has 1 fully saturated rings. The minimum Gasteiger partial charge on any atom is -0.399 e. The van der Waals surface area contributed by atoms with Gasteiger partial charge in [-0.2, -0.15) is 13.2 Å². The van der Waals surface area contributed by atoms with Crippen molar-refractivity contribution in [1.82, 2.24) is 9.55 Å². The number of nitrogens with two attached hydrogens (primary N) is 1. The van der Waals surface area contributed by atoms with E-state index in [-0.39, 0.29) is 11.6 Å². The van der Waals surface area contributed by atoms with Crippen molar-refractivity contribution in [2.45, 2.75) is 25.1 Å². The summed E-state index contributed by atoms with van der Waals surface area (Å²) in [4.78, 5) is 3.72. The molecule has 0 aliphatic carbocycles. The lowest BCUT2D eigenvalue weighted by molar-refractivity contribution is -0.147. The molecule has 2 N–H and O–H groups in total. The number of hydrogen-bond acceptors (Lipinski definition) is 3. The monoisotopic (exact) mass is 317 g/mol. The summed E-state index contributed by atoms with van der Waals surface area (Å²) in [7, 11) is -0.923. The van der Waals surface area contributed by atoms with E-state index in [2.05, 4.69) is 4.98 Å². The number of halogens is 3. The molecule has 21 heavy (non-hydrogen) atoms. The maximum absolute atomic E-state index is 13.2. The van der Waals surface area contributed by atoms with Crippen LogP contribution in [0.2, 0.25) is 0 Å². The highest BCUT2D eigenvalue weighted by Crippen LogP contribution is 2.37. The minimum absolute atomic E-state index is 0.244. The van der Waals surface area contributed by atoms with Gasteiger partial charge in [-0.3, -0.25) is 4.21 Å². The van der Waals surface area contributed by atoms with Crippen LogP contribution in [0.25, 0.3) is 11.0 Å². The molecule has 1 aromatic carbocycles. The molecule has 4 nitrogen and oxygen atoms in total. The molecule has 0 atom stereocenters. The second kappa shape index (κ2) is 5.01. The quantitative estimate of drug-likeness (QED) is 0.823. The van der Waals surface area contributed by atoms with Crippen molar-refractivity contribution >= 4 is 27.5 Å². The van der Waals surface area contributed by atoms with Gasteiger partial charge in [0.2, 0.25) is 5.82 Å². The highest BCUT2D eigenvalue weighted by atomic mass is 32.2. The van der Waals surface area contributed by atoms with Crippen molar-refractivity contribution in [3.05, 3.63) is 24.0 Å². The molecular formula is C13H14F3N3OS. The Labute approximate surface area is 121 Å². The molecule has 0 bridgehead atoms. The van der Waals surface area contributed by atoms with Gasteiger partial charge in [0.05, 0.1) is 11.0 Å². The van der Waals surface area contributed by atoms with Crippen LogP contribution in [0.5, 0.6) is 0 Å². The van der Waals surface area contributed by atoms with Crippen LogP contribution >= 0.6 is 0 Å². The zero-order valence-corrected chi connectivity index (χ0v) is 11.9. The van der Waals surface area contributed by atoms with Gasteiger partial charge in [0.1, 0.15) is 0 Å². The molecule has 0 spiro atoms. The summed E-state index contributed by atoms with van der Waals surface area (Å²) in [5, 5.41) is 0. The smallest absolute Gasteiger partial charge is 0.399 e. The van der Waals surface area contributed by atoms with Gasteiger partial charge in [0.15, 0.2) is 0 Å². The lowest BCUT2D eigenvalue weighted by Crippen LogP contribution is -2.25. The summed E-state index contributed by atoms with van der Waals surface area (Å²) in [5.74, 6) is -0.0477. The van der Waals surface area contributed by atoms with Crippen LogP contribution in [0.4, 0.5) is 18.9 Å². The average molecular weight is 317 g/mol. The molecule has 0 saturated carbocycles. The summed E-state index contributed by atoms with van der Waals surface area (Å²) in [6, 6.07) is 4.26. The van der Waals surface area contributed by atoms with E-state index >= 15 is 0 Å². The second-order valence-corrected chi connectivity index (χ2v) is 6.83. The van der Waals surface area contributed by atoms with Crippen molar-refractivity contribution in [1.29, 1.82) is 0 Å². The van der Waals surface area contributed by atoms with Gasteiger partial charge in [0, 0.05) is 34.0 Å². The Kier molecular flexibility index (Phi) is 3.43. The number of alkyl halides is 3. The van der Waals surface area contributed by atoms with Crippen molar-refractivity contribution in [2.75, 3.05) is 17.2 Å². The van der Waals surface area contributed by atoms with E-state index in [4.69, 9.17) is 5.73 Å². The molecule has 0 amide bonds. The topological polar surface area (TPSA) is 60.9 Å². The zero-order chi connectivity index (χ0) is 15.2. The minimum atomic E-state index is -4.52. The van der Waals surface area contributed by atoms with Crippen LogP contribution < -0.4 is 5.73 Å². The van der Waals surface area contributed by atoms with Gasteiger partial charge in [-0.15, -0.1) is 0 Å². The largest absolute Gasteiger partial charge is 0.449 e. The fourth-order valence-corrected chi connectivity index (χ4v) is 4.00. The SMILES string of the molecule is Nc1ccc2c(c1)nc(C(F)(F)F)n2C1CCS(=O)CC1. The number of fused-ring (bicyclic) bond motifs is 1. The molecule has 1 aliphatic heterocycles. The van der Waals surface area contributed by atoms with E-state index in [0.717, 1.165) is 0 Å². The standard InChI is InChI=1S/C13H14F3N3OS/c14-13(15,16)12-18-10-7-8(17)1-2-11(10)19(12)9-3-5-21(20)6-4-9/h1-2,7,9H,3-6,17H2. The summed E-state index contributed by atoms with van der Waals surface area (Å²) in [6.45, 7) is 0. The van der Waals surface area contributed by atoms with Crippen molar-refractivity contribution < 1.29 is 17.4 Å². The molecule has 0 unspecified atom stereocenters. The van der Waals surface area contributed by atoms with Gasteiger partial charge < -0.3 is 10.3 Å². The van der Waals surface area contributed by atoms with Gasteiger partial charge in [-0.05, 0) is 31.0 Å². The van der Waals surface area contributed by atoms with Gasteiger partial charge in [-0.1, -0.05) is 0 Å². The Morgan fingerprint density at radius 2 is 1.95 bits per heavy atom. The predicted molar refractivity (Wildman–Crippen MR) is 75.3 cm³/mol. The number of hydrogen-bond donors (Lipinski definition) is 1. The predicted octanol–water partition coefficient (Wildman–Crippen LogP) is 2.72. The Bertz CT molecular complexity index is 700. The van der Waals surface area contributed by atoms with Gasteiger partial charge >= 0.3 is 6.18 Å². The van der Waals surface area contributed by atoms with E-state index in [1.54, 1.807) is 12.1 Å². The Morgan fingerprint density at radius 3 is 2.57 bits per heavy atom. The molecule has 114 valence electrons. The van der Waals surface area contributed by atoms with E-state index in [0.29, 0.717) is 35.6 Å². The summed E-state index contributed by atoms with van der Waals surface area (Å²) < 4.78 is 52.4. The lowest BCUT2D eigenvalue weighted by atomic mass is 10.1. The second-order valence-electron chi connectivity index (χ2n) is 5.13. The number of nitrogen functional groups attached to an aromatic ring is 1. The fourth-order valence-electron chi connectivity index (χ4n) is 2.72. The first-order chi connectivity index (χ1) is 9.86. The molecule has 1 aromatic heterocycles. The van der Waals surface area contributed by atoms with E-state index < -0.39 is 22.8 Å². The van der Waals surface area contributed by atoms with Gasteiger partial charge in [-0.25, -0.2) is 4.98 Å². The Morgan fingerprint density at radius 1 is 1.29 bits per heavy atom. The van der Waals surface area contributed by atoms with Crippen LogP contribution in [-0.2, 0) is 17.0 Å². The summed E-state index contributed by atoms with van der Waals surface area (Å²) in [5.41, 5.74) is 6.67. The zero-order valence-electron chi connectivity index (χ0n) is 11.1. The lowest BCUT2D eigenvalue weighted by Gasteiger charge is -2.25. The molecular weight excluding hydrogens is 303 g/mol. The highest BCUT2D eigenvalue weighted by Gasteiger charge is 2.39. The average Bonchev–Trinajstić information content (AvgIpc) is 2.78. The normalized spacial score (nSPS) is 23.6. The highest BCUT2D eigenvalue weighted by molar-refractivity contribution is 7.85. The first-order valence-corrected chi connectivity index (χ1v) is 8.04. The molecule has 1 saturated heterocycles. The molecule has 1 aliphatic rings. The van der Waals surface area contributed by atoms with E-state index in [1.807, 2.05) is 0 Å². The fraction of sp³-hybridized carbons (Fsp3) is 0.462. The molecule has 2 heterocycles. The first kappa shape index (κ1) is 14.4. The van der Waals surface area contributed by atoms with E-state index in [1.165, 1.54) is 10.6 Å². The maximum atomic E-state index is 13.2. The van der Waals surface area contributed by atoms with Crippen LogP contribution in [-0.4, -0.2) is 25.3 Å². The third-order valence-corrected chi connectivity index (χ3v) is 5.07. The Balaban J connectivity index is 2.16. The van der Waals surface area contributed by atoms with Crippen molar-refractivity contribution in [3.8, 4) is 0 Å². The summed E-state index contributed by atoms with van der Waals surface area (Å²) >= 11 is 0. The number of nitrogens with zero attached hydrogens (tertiary/aromatic N) is 2. The molecule has 2 aromatic rings. The number of rotatable bonds is 1. The van der Waals surface area contributed by atoms with E-state index in [9.17, 15) is 17.4 Å². The third-order valence-electron chi connectivity index (χ3n) is 3.69. The Hall–Kier alpha value is -1.57. The molecule has 0 radical (unpaired) electrons. The number of anilines is 1. The molecule has 8 heteroatoms. The number of benzene rings is 1. The maximum Gasteiger partial charge on any atom is 0.449 e.